The first-order valence-electron chi connectivity index (χ1n) is 3.93. The van der Waals surface area contributed by atoms with E-state index < -0.39 is 0 Å². The number of esters is 1. The fourth-order valence-corrected chi connectivity index (χ4v) is 1.81. The molecule has 0 bridgehead atoms. The molecule has 1 fully saturated rings. The van der Waals surface area contributed by atoms with Crippen LogP contribution in [0.25, 0.3) is 0 Å². The molecular weight excluding hydrogens is 208 g/mol. The van der Waals surface area contributed by atoms with Crippen LogP contribution in [0, 0.1) is 11.8 Å². The predicted molar refractivity (Wildman–Crippen MR) is 46.6 cm³/mol. The van der Waals surface area contributed by atoms with E-state index in [1.165, 1.54) is 20.0 Å². The van der Waals surface area contributed by atoms with E-state index in [1.54, 1.807) is 0 Å². The van der Waals surface area contributed by atoms with E-state index in [1.807, 2.05) is 0 Å². The van der Waals surface area contributed by atoms with E-state index in [9.17, 15) is 4.79 Å². The molecule has 0 saturated heterocycles. The van der Waals surface area contributed by atoms with Gasteiger partial charge in [0, 0.05) is 5.33 Å². The lowest BCUT2D eigenvalue weighted by atomic mass is 10.0. The number of carbonyl (C=O) groups excluding carboxylic acids is 1. The summed E-state index contributed by atoms with van der Waals surface area (Å²) in [6.07, 6.45) is 3.32. The molecule has 1 aliphatic carbocycles. The maximum absolute atomic E-state index is 11.1. The van der Waals surface area contributed by atoms with E-state index in [-0.39, 0.29) is 11.9 Å². The van der Waals surface area contributed by atoms with Crippen molar-refractivity contribution in [3.05, 3.63) is 0 Å². The monoisotopic (exact) mass is 220 g/mol. The molecule has 1 unspecified atom stereocenters. The van der Waals surface area contributed by atoms with Crippen LogP contribution in [0.15, 0.2) is 0 Å². The lowest BCUT2D eigenvalue weighted by molar-refractivity contribution is -0.146. The molecule has 0 aromatic carbocycles. The van der Waals surface area contributed by atoms with Crippen LogP contribution in [0.1, 0.15) is 19.3 Å². The van der Waals surface area contributed by atoms with Crippen molar-refractivity contribution in [3.8, 4) is 0 Å². The maximum atomic E-state index is 11.1. The van der Waals surface area contributed by atoms with Gasteiger partial charge >= 0.3 is 5.97 Å². The van der Waals surface area contributed by atoms with Gasteiger partial charge in [0.25, 0.3) is 0 Å². The minimum atomic E-state index is -0.0352. The molecule has 2 nitrogen and oxygen atoms in total. The number of alkyl halides is 1. The molecule has 1 saturated carbocycles. The Morgan fingerprint density at radius 2 is 2.36 bits per heavy atom. The second kappa shape index (κ2) is 4.10. The Bertz CT molecular complexity index is 143. The molecule has 64 valence electrons. The molecule has 0 aromatic rings. The number of methoxy groups -OCH3 is 1. The SMILES string of the molecule is COC(=O)C(CCBr)C1CC1. The average Bonchev–Trinajstić information content (AvgIpc) is 2.81. The second-order valence-corrected chi connectivity index (χ2v) is 3.74. The predicted octanol–water partition coefficient (Wildman–Crippen LogP) is 1.97. The molecule has 1 atom stereocenters. The molecule has 1 aliphatic rings. The maximum Gasteiger partial charge on any atom is 0.308 e. The third-order valence-corrected chi connectivity index (χ3v) is 2.57. The smallest absolute Gasteiger partial charge is 0.308 e. The van der Waals surface area contributed by atoms with Crippen molar-refractivity contribution in [1.29, 1.82) is 0 Å². The van der Waals surface area contributed by atoms with Gasteiger partial charge in [0.15, 0.2) is 0 Å². The van der Waals surface area contributed by atoms with Crippen LogP contribution >= 0.6 is 15.9 Å². The summed E-state index contributed by atoms with van der Waals surface area (Å²) in [5.41, 5.74) is 0. The van der Waals surface area contributed by atoms with Crippen LogP contribution in [0.2, 0.25) is 0 Å². The molecule has 3 heteroatoms. The number of ether oxygens (including phenoxy) is 1. The summed E-state index contributed by atoms with van der Waals surface area (Å²) in [7, 11) is 1.46. The highest BCUT2D eigenvalue weighted by atomic mass is 79.9. The third kappa shape index (κ3) is 2.47. The van der Waals surface area contributed by atoms with Gasteiger partial charge in [-0.15, -0.1) is 0 Å². The fraction of sp³-hybridized carbons (Fsp3) is 0.875. The molecule has 0 N–H and O–H groups in total. The summed E-state index contributed by atoms with van der Waals surface area (Å²) < 4.78 is 4.71. The largest absolute Gasteiger partial charge is 0.469 e. The van der Waals surface area contributed by atoms with E-state index in [4.69, 9.17) is 4.74 Å². The first-order valence-corrected chi connectivity index (χ1v) is 5.05. The number of hydrogen-bond acceptors (Lipinski definition) is 2. The summed E-state index contributed by atoms with van der Waals surface area (Å²) in [5, 5.41) is 0.892. The first kappa shape index (κ1) is 9.04. The van der Waals surface area contributed by atoms with Crippen molar-refractivity contribution in [2.75, 3.05) is 12.4 Å². The van der Waals surface area contributed by atoms with Gasteiger partial charge in [-0.1, -0.05) is 15.9 Å². The molecule has 0 aromatic heterocycles. The molecule has 0 heterocycles. The van der Waals surface area contributed by atoms with E-state index in [0.29, 0.717) is 5.92 Å². The molecule has 11 heavy (non-hydrogen) atoms. The Hall–Kier alpha value is -0.0500. The van der Waals surface area contributed by atoms with Gasteiger partial charge in [0.05, 0.1) is 13.0 Å². The summed E-state index contributed by atoms with van der Waals surface area (Å²) in [5.74, 6) is 0.728. The standard InChI is InChI=1S/C8H13BrO2/c1-11-8(10)7(4-5-9)6-2-3-6/h6-7H,2-5H2,1H3. The van der Waals surface area contributed by atoms with Crippen molar-refractivity contribution in [3.63, 3.8) is 0 Å². The Kier molecular flexibility index (Phi) is 3.37. The number of hydrogen-bond donors (Lipinski definition) is 0. The van der Waals surface area contributed by atoms with Crippen LogP contribution in [0.5, 0.6) is 0 Å². The highest BCUT2D eigenvalue weighted by molar-refractivity contribution is 9.09. The van der Waals surface area contributed by atoms with Gasteiger partial charge in [-0.05, 0) is 25.2 Å². The number of halogens is 1. The number of rotatable bonds is 4. The Balaban J connectivity index is 2.37. The van der Waals surface area contributed by atoms with Gasteiger partial charge in [-0.25, -0.2) is 0 Å². The molecule has 0 amide bonds. The van der Waals surface area contributed by atoms with Crippen molar-refractivity contribution in [2.24, 2.45) is 11.8 Å². The normalized spacial score (nSPS) is 19.5. The minimum Gasteiger partial charge on any atom is -0.469 e. The highest BCUT2D eigenvalue weighted by Crippen LogP contribution is 2.39. The van der Waals surface area contributed by atoms with Crippen molar-refractivity contribution in [2.45, 2.75) is 19.3 Å². The van der Waals surface area contributed by atoms with Crippen molar-refractivity contribution in [1.82, 2.24) is 0 Å². The zero-order chi connectivity index (χ0) is 8.27. The van der Waals surface area contributed by atoms with Crippen LogP contribution in [0.4, 0.5) is 0 Å². The molecule has 0 aliphatic heterocycles. The first-order chi connectivity index (χ1) is 5.29. The minimum absolute atomic E-state index is 0.0352. The van der Waals surface area contributed by atoms with Gasteiger partial charge in [-0.2, -0.15) is 0 Å². The average molecular weight is 221 g/mol. The van der Waals surface area contributed by atoms with Gasteiger partial charge in [0.2, 0.25) is 0 Å². The summed E-state index contributed by atoms with van der Waals surface area (Å²) in [6.45, 7) is 0. The molecular formula is C8H13BrO2. The van der Waals surface area contributed by atoms with Crippen LogP contribution in [-0.4, -0.2) is 18.4 Å². The Morgan fingerprint density at radius 3 is 2.73 bits per heavy atom. The summed E-state index contributed by atoms with van der Waals surface area (Å²) >= 11 is 3.34. The fourth-order valence-electron chi connectivity index (χ4n) is 1.31. The van der Waals surface area contributed by atoms with Gasteiger partial charge in [-0.3, -0.25) is 4.79 Å². The van der Waals surface area contributed by atoms with Gasteiger partial charge < -0.3 is 4.74 Å². The summed E-state index contributed by atoms with van der Waals surface area (Å²) in [4.78, 5) is 11.1. The third-order valence-electron chi connectivity index (χ3n) is 2.12. The lowest BCUT2D eigenvalue weighted by Crippen LogP contribution is -2.18. The Labute approximate surface area is 75.4 Å². The van der Waals surface area contributed by atoms with E-state index in [2.05, 4.69) is 15.9 Å². The van der Waals surface area contributed by atoms with Crippen molar-refractivity contribution < 1.29 is 9.53 Å². The van der Waals surface area contributed by atoms with Crippen LogP contribution in [0.3, 0.4) is 0 Å². The molecule has 1 rings (SSSR count). The number of carbonyl (C=O) groups is 1. The van der Waals surface area contributed by atoms with Gasteiger partial charge in [0.1, 0.15) is 0 Å². The van der Waals surface area contributed by atoms with Crippen molar-refractivity contribution >= 4 is 21.9 Å². The van der Waals surface area contributed by atoms with E-state index >= 15 is 0 Å². The van der Waals surface area contributed by atoms with Crippen LogP contribution < -0.4 is 0 Å². The topological polar surface area (TPSA) is 26.3 Å². The zero-order valence-electron chi connectivity index (χ0n) is 6.68. The molecule has 0 spiro atoms. The highest BCUT2D eigenvalue weighted by Gasteiger charge is 2.35. The zero-order valence-corrected chi connectivity index (χ0v) is 8.26. The molecule has 0 radical (unpaired) electrons. The summed E-state index contributed by atoms with van der Waals surface area (Å²) in [6, 6.07) is 0. The van der Waals surface area contributed by atoms with Crippen LogP contribution in [-0.2, 0) is 9.53 Å². The second-order valence-electron chi connectivity index (χ2n) is 2.94. The Morgan fingerprint density at radius 1 is 1.73 bits per heavy atom. The van der Waals surface area contributed by atoms with E-state index in [0.717, 1.165) is 11.8 Å². The quantitative estimate of drug-likeness (QED) is 0.535. The lowest BCUT2D eigenvalue weighted by Gasteiger charge is -2.10.